The number of fused-ring (bicyclic) bond motifs is 15. The van der Waals surface area contributed by atoms with Crippen molar-refractivity contribution in [2.45, 2.75) is 0 Å². The lowest BCUT2D eigenvalue weighted by molar-refractivity contribution is 0.487. The van der Waals surface area contributed by atoms with Crippen molar-refractivity contribution >= 4 is 97.0 Å². The highest BCUT2D eigenvalue weighted by Gasteiger charge is 2.26. The molecule has 0 fully saturated rings. The average molecular weight is 1370 g/mol. The normalized spacial score (nSPS) is 11.8. The average Bonchev–Trinajstić information content (AvgIpc) is 0.774. The van der Waals surface area contributed by atoms with E-state index in [0.717, 1.165) is 117 Å². The molecule has 498 valence electrons. The van der Waals surface area contributed by atoms with E-state index in [1.54, 1.807) is 0 Å². The minimum atomic E-state index is 0.656. The molecular weight excluding hydrogens is 1310 g/mol. The summed E-state index contributed by atoms with van der Waals surface area (Å²) in [6.45, 7) is 0. The molecule has 0 saturated heterocycles. The number of rotatable bonds is 7. The molecule has 5 heteroatoms. The second-order valence-electron chi connectivity index (χ2n) is 28.1. The van der Waals surface area contributed by atoms with Crippen LogP contribution in [-0.2, 0) is 0 Å². The van der Waals surface area contributed by atoms with Crippen molar-refractivity contribution in [3.05, 3.63) is 369 Å². The van der Waals surface area contributed by atoms with Crippen LogP contribution in [-0.4, -0.2) is 4.98 Å². The van der Waals surface area contributed by atoms with Gasteiger partial charge in [0.2, 0.25) is 0 Å². The Morgan fingerprint density at radius 3 is 1.04 bits per heavy atom. The molecule has 0 saturated carbocycles. The highest BCUT2D eigenvalue weighted by Crippen LogP contribution is 2.52. The fourth-order valence-corrected chi connectivity index (χ4v) is 17.0. The first-order valence-corrected chi connectivity index (χ1v) is 36.5. The number of hydrogen-bond acceptors (Lipinski definition) is 5. The Kier molecular flexibility index (Phi) is 14.3. The molecule has 0 N–H and O–H groups in total. The molecule has 1 aromatic heterocycles. The van der Waals surface area contributed by atoms with Gasteiger partial charge in [-0.25, -0.2) is 4.98 Å². The van der Waals surface area contributed by atoms with E-state index < -0.39 is 0 Å². The van der Waals surface area contributed by atoms with Gasteiger partial charge >= 0.3 is 0 Å². The first-order chi connectivity index (χ1) is 53.4. The van der Waals surface area contributed by atoms with Gasteiger partial charge < -0.3 is 9.47 Å². The Balaban J connectivity index is 0.000000138. The van der Waals surface area contributed by atoms with Gasteiger partial charge in [0.15, 0.2) is 0 Å². The van der Waals surface area contributed by atoms with Crippen LogP contribution < -0.4 is 9.47 Å². The topological polar surface area (TPSA) is 78.9 Å². The smallest absolute Gasteiger partial charge is 0.135 e. The van der Waals surface area contributed by atoms with Crippen LogP contribution in [0.15, 0.2) is 358 Å². The van der Waals surface area contributed by atoms with E-state index in [9.17, 15) is 10.5 Å². The molecule has 2 aliphatic rings. The third kappa shape index (κ3) is 10.1. The van der Waals surface area contributed by atoms with Gasteiger partial charge in [-0.05, 0) is 233 Å². The van der Waals surface area contributed by atoms with Crippen LogP contribution in [0.3, 0.4) is 0 Å². The zero-order valence-corrected chi connectivity index (χ0v) is 58.2. The molecule has 0 spiro atoms. The summed E-state index contributed by atoms with van der Waals surface area (Å²) in [6, 6.07) is 132. The van der Waals surface area contributed by atoms with Crippen LogP contribution in [0.4, 0.5) is 0 Å². The van der Waals surface area contributed by atoms with Crippen LogP contribution in [0.1, 0.15) is 11.1 Å². The van der Waals surface area contributed by atoms with Gasteiger partial charge in [-0.2, -0.15) is 10.5 Å². The third-order valence-corrected chi connectivity index (χ3v) is 22.2. The molecule has 0 radical (unpaired) electrons. The lowest BCUT2D eigenvalue weighted by Gasteiger charge is -2.22. The van der Waals surface area contributed by atoms with Crippen molar-refractivity contribution in [2.75, 3.05) is 0 Å². The Hall–Kier alpha value is -14.8. The molecule has 5 nitrogen and oxygen atoms in total. The SMILES string of the molecule is N#Cc1ccc2c3c(cccc13)Oc1cc(-c3ccc(-c4cc5c6ccccc6c(-c6ccc7ccccc7c6)cc5c5ccccc45)cc3)ccc1-2.N#Cc1ccc2c3c(cccc13)Oc1cc(-c3ccc(-c4cc5c6ccccc6c(-c6cccc(-c7ccccc7)n6)cc5c5ccccc45)cc3)ccc1-2. The molecule has 20 aromatic rings. The van der Waals surface area contributed by atoms with Gasteiger partial charge in [0, 0.05) is 43.8 Å². The molecule has 0 atom stereocenters. The number of nitrogens with zero attached hydrogens (tertiary/aromatic N) is 3. The zero-order chi connectivity index (χ0) is 71.5. The van der Waals surface area contributed by atoms with E-state index in [4.69, 9.17) is 14.5 Å². The first kappa shape index (κ1) is 61.9. The number of aromatic nitrogens is 1. The molecule has 0 aliphatic carbocycles. The summed E-state index contributed by atoms with van der Waals surface area (Å²) >= 11 is 0. The van der Waals surface area contributed by atoms with E-state index in [1.807, 2.05) is 66.7 Å². The van der Waals surface area contributed by atoms with Gasteiger partial charge in [0.05, 0.1) is 34.7 Å². The summed E-state index contributed by atoms with van der Waals surface area (Å²) in [5, 5.41) is 40.5. The first-order valence-electron chi connectivity index (χ1n) is 36.5. The van der Waals surface area contributed by atoms with Crippen molar-refractivity contribution in [3.63, 3.8) is 0 Å². The fraction of sp³-hybridized carbons (Fsp3) is 0. The summed E-state index contributed by atoms with van der Waals surface area (Å²) in [4.78, 5) is 5.18. The quantitative estimate of drug-likeness (QED) is 0.149. The number of benzene rings is 19. The second-order valence-corrected chi connectivity index (χ2v) is 28.1. The molecule has 0 bridgehead atoms. The molecule has 0 amide bonds. The van der Waals surface area contributed by atoms with Crippen molar-refractivity contribution < 1.29 is 9.47 Å². The third-order valence-electron chi connectivity index (χ3n) is 22.2. The molecule has 108 heavy (non-hydrogen) atoms. The van der Waals surface area contributed by atoms with Gasteiger partial charge in [0.1, 0.15) is 23.0 Å². The van der Waals surface area contributed by atoms with Gasteiger partial charge in [0.25, 0.3) is 0 Å². The largest absolute Gasteiger partial charge is 0.456 e. The Morgan fingerprint density at radius 2 is 0.556 bits per heavy atom. The van der Waals surface area contributed by atoms with Crippen molar-refractivity contribution in [1.29, 1.82) is 10.5 Å². The van der Waals surface area contributed by atoms with Crippen LogP contribution in [0.25, 0.3) is 197 Å². The van der Waals surface area contributed by atoms with Gasteiger partial charge in [-0.1, -0.05) is 267 Å². The molecular formula is C103H59N3O2. The Morgan fingerprint density at radius 1 is 0.194 bits per heavy atom. The molecule has 2 aliphatic heterocycles. The zero-order valence-electron chi connectivity index (χ0n) is 58.2. The van der Waals surface area contributed by atoms with Gasteiger partial charge in [-0.15, -0.1) is 0 Å². The Bertz CT molecular complexity index is 7310. The maximum absolute atomic E-state index is 9.69. The monoisotopic (exact) mass is 1370 g/mol. The van der Waals surface area contributed by atoms with E-state index >= 15 is 0 Å². The summed E-state index contributed by atoms with van der Waals surface area (Å²) in [7, 11) is 0. The van der Waals surface area contributed by atoms with E-state index in [0.29, 0.717) is 11.1 Å². The Labute approximate surface area is 622 Å². The van der Waals surface area contributed by atoms with E-state index in [-0.39, 0.29) is 0 Å². The van der Waals surface area contributed by atoms with Crippen LogP contribution >= 0.6 is 0 Å². The molecule has 22 rings (SSSR count). The van der Waals surface area contributed by atoms with Crippen molar-refractivity contribution in [3.8, 4) is 136 Å². The minimum Gasteiger partial charge on any atom is -0.456 e. The van der Waals surface area contributed by atoms with Gasteiger partial charge in [-0.3, -0.25) is 0 Å². The molecule has 19 aromatic carbocycles. The van der Waals surface area contributed by atoms with Crippen LogP contribution in [0, 0.1) is 22.7 Å². The number of nitriles is 2. The summed E-state index contributed by atoms with van der Waals surface area (Å²) in [5.74, 6) is 3.21. The number of pyridine rings is 1. The van der Waals surface area contributed by atoms with E-state index in [2.05, 4.69) is 303 Å². The molecule has 0 unspecified atom stereocenters. The highest BCUT2D eigenvalue weighted by atomic mass is 16.5. The summed E-state index contributed by atoms with van der Waals surface area (Å²) in [5.41, 5.74) is 21.4. The maximum atomic E-state index is 9.69. The minimum absolute atomic E-state index is 0.656. The van der Waals surface area contributed by atoms with E-state index in [1.165, 1.54) is 103 Å². The standard InChI is InChI=1S/C52H30N2O.C51H29NO/c53-31-36-25-27-43-42-26-24-35(28-51(42)55-50-19-8-16-37(36)52(43)50)32-20-22-33(23-21-32)44-29-45-40-14-6-7-15-41(40)47(30-46(45)39-13-5-4-12-38(39)44)49-18-9-17-48(54-49)34-10-2-1-3-11-34;52-30-37-23-25-44-43-24-22-35(27-50(43)53-49-15-7-14-38(37)51(44)49)32-16-19-33(20-17-32)45-28-47-42-13-6-4-11-40(42)46(29-48(47)41-12-5-3-10-39(41)45)36-21-18-31-8-1-2-9-34(31)26-36/h1-30H;1-29H. The second kappa shape index (κ2) is 25.0. The number of ether oxygens (including phenoxy) is 2. The van der Waals surface area contributed by atoms with Crippen molar-refractivity contribution in [2.24, 2.45) is 0 Å². The predicted molar refractivity (Wildman–Crippen MR) is 447 cm³/mol. The van der Waals surface area contributed by atoms with Crippen LogP contribution in [0.5, 0.6) is 23.0 Å². The highest BCUT2D eigenvalue weighted by molar-refractivity contribution is 6.26. The number of hydrogen-bond donors (Lipinski definition) is 0. The van der Waals surface area contributed by atoms with Crippen molar-refractivity contribution in [1.82, 2.24) is 4.98 Å². The fourth-order valence-electron chi connectivity index (χ4n) is 17.0. The molecule has 3 heterocycles. The maximum Gasteiger partial charge on any atom is 0.135 e. The summed E-state index contributed by atoms with van der Waals surface area (Å²) < 4.78 is 13.0. The lowest BCUT2D eigenvalue weighted by atomic mass is 9.87. The predicted octanol–water partition coefficient (Wildman–Crippen LogP) is 28.1. The summed E-state index contributed by atoms with van der Waals surface area (Å²) in [6.07, 6.45) is 0. The van der Waals surface area contributed by atoms with Crippen LogP contribution in [0.2, 0.25) is 0 Å². The lowest BCUT2D eigenvalue weighted by Crippen LogP contribution is -1.98.